The van der Waals surface area contributed by atoms with Crippen molar-refractivity contribution in [3.63, 3.8) is 0 Å². The van der Waals surface area contributed by atoms with E-state index in [-0.39, 0.29) is 0 Å². The number of benzene rings is 1. The van der Waals surface area contributed by atoms with E-state index in [2.05, 4.69) is 50.2 Å². The van der Waals surface area contributed by atoms with Crippen LogP contribution in [-0.4, -0.2) is 44.1 Å². The van der Waals surface area contributed by atoms with Gasteiger partial charge in [0.05, 0.1) is 5.69 Å². The largest absolute Gasteiger partial charge is 0.303 e. The number of hydrogen-bond acceptors (Lipinski definition) is 4. The highest BCUT2D eigenvalue weighted by Gasteiger charge is 2.25. The third kappa shape index (κ3) is 3.68. The number of aromatic nitrogens is 4. The molecule has 134 valence electrons. The van der Waals surface area contributed by atoms with Crippen molar-refractivity contribution in [3.05, 3.63) is 72.2 Å². The SMILES string of the molecule is Cc1nccn1-c1nccnc1C1CCN(CCc2ccccc2)CC1. The van der Waals surface area contributed by atoms with E-state index >= 15 is 0 Å². The third-order valence-electron chi connectivity index (χ3n) is 5.29. The van der Waals surface area contributed by atoms with Crippen molar-refractivity contribution in [1.29, 1.82) is 0 Å². The lowest BCUT2D eigenvalue weighted by atomic mass is 9.92. The van der Waals surface area contributed by atoms with Gasteiger partial charge in [0.25, 0.3) is 0 Å². The fourth-order valence-electron chi connectivity index (χ4n) is 3.78. The summed E-state index contributed by atoms with van der Waals surface area (Å²) in [6.45, 7) is 5.38. The van der Waals surface area contributed by atoms with Crippen LogP contribution in [0.15, 0.2) is 55.1 Å². The van der Waals surface area contributed by atoms with Crippen LogP contribution in [0.1, 0.15) is 35.8 Å². The van der Waals surface area contributed by atoms with Crippen molar-refractivity contribution >= 4 is 0 Å². The van der Waals surface area contributed by atoms with E-state index in [9.17, 15) is 0 Å². The first kappa shape index (κ1) is 16.9. The van der Waals surface area contributed by atoms with Gasteiger partial charge >= 0.3 is 0 Å². The molecule has 0 bridgehead atoms. The van der Waals surface area contributed by atoms with Gasteiger partial charge in [0.1, 0.15) is 5.82 Å². The maximum atomic E-state index is 4.69. The number of imidazole rings is 1. The highest BCUT2D eigenvalue weighted by atomic mass is 15.1. The first-order valence-electron chi connectivity index (χ1n) is 9.39. The molecule has 1 aliphatic heterocycles. The zero-order valence-electron chi connectivity index (χ0n) is 15.3. The molecule has 0 atom stereocenters. The summed E-state index contributed by atoms with van der Waals surface area (Å²) in [4.78, 5) is 16.2. The molecule has 5 heteroatoms. The number of nitrogens with zero attached hydrogens (tertiary/aromatic N) is 5. The quantitative estimate of drug-likeness (QED) is 0.710. The Morgan fingerprint density at radius 1 is 0.962 bits per heavy atom. The number of aryl methyl sites for hydroxylation is 1. The molecule has 1 saturated heterocycles. The second kappa shape index (κ2) is 7.79. The van der Waals surface area contributed by atoms with Crippen molar-refractivity contribution in [2.24, 2.45) is 0 Å². The van der Waals surface area contributed by atoms with Gasteiger partial charge in [-0.2, -0.15) is 0 Å². The molecule has 3 aromatic rings. The molecule has 1 aliphatic rings. The Labute approximate surface area is 154 Å². The monoisotopic (exact) mass is 347 g/mol. The highest BCUT2D eigenvalue weighted by Crippen LogP contribution is 2.30. The lowest BCUT2D eigenvalue weighted by Gasteiger charge is -2.32. The molecular formula is C21H25N5. The van der Waals surface area contributed by atoms with E-state index in [1.54, 1.807) is 6.20 Å². The normalized spacial score (nSPS) is 16.0. The summed E-state index contributed by atoms with van der Waals surface area (Å²) in [5.74, 6) is 2.35. The maximum absolute atomic E-state index is 4.69. The van der Waals surface area contributed by atoms with Gasteiger partial charge < -0.3 is 4.90 Å². The summed E-state index contributed by atoms with van der Waals surface area (Å²) in [6, 6.07) is 10.7. The van der Waals surface area contributed by atoms with Gasteiger partial charge in [0.15, 0.2) is 5.82 Å². The van der Waals surface area contributed by atoms with Gasteiger partial charge in [-0.3, -0.25) is 9.55 Å². The molecular weight excluding hydrogens is 322 g/mol. The van der Waals surface area contributed by atoms with E-state index in [0.717, 1.165) is 56.2 Å². The van der Waals surface area contributed by atoms with E-state index < -0.39 is 0 Å². The van der Waals surface area contributed by atoms with Crippen molar-refractivity contribution in [3.8, 4) is 5.82 Å². The van der Waals surface area contributed by atoms with Gasteiger partial charge in [-0.1, -0.05) is 30.3 Å². The standard InChI is InChI=1S/C21H25N5/c1-17-22-12-16-26(17)21-20(23-10-11-24-21)19-8-14-25(15-9-19)13-7-18-5-3-2-4-6-18/h2-6,10-12,16,19H,7-9,13-15H2,1H3. The van der Waals surface area contributed by atoms with Crippen LogP contribution in [0, 0.1) is 6.92 Å². The summed E-state index contributed by atoms with van der Waals surface area (Å²) in [5, 5.41) is 0. The van der Waals surface area contributed by atoms with Crippen molar-refractivity contribution < 1.29 is 0 Å². The van der Waals surface area contributed by atoms with Crippen LogP contribution < -0.4 is 0 Å². The zero-order valence-corrected chi connectivity index (χ0v) is 15.3. The summed E-state index contributed by atoms with van der Waals surface area (Å²) in [6.07, 6.45) is 10.8. The topological polar surface area (TPSA) is 46.8 Å². The Morgan fingerprint density at radius 2 is 1.73 bits per heavy atom. The molecule has 3 heterocycles. The van der Waals surface area contributed by atoms with Gasteiger partial charge in [0.2, 0.25) is 0 Å². The maximum Gasteiger partial charge on any atom is 0.160 e. The van der Waals surface area contributed by atoms with Crippen LogP contribution in [0.5, 0.6) is 0 Å². The van der Waals surface area contributed by atoms with E-state index in [0.29, 0.717) is 5.92 Å². The first-order valence-corrected chi connectivity index (χ1v) is 9.39. The van der Waals surface area contributed by atoms with Gasteiger partial charge in [-0.15, -0.1) is 0 Å². The molecule has 0 N–H and O–H groups in total. The van der Waals surface area contributed by atoms with Crippen LogP contribution in [0.2, 0.25) is 0 Å². The van der Waals surface area contributed by atoms with Crippen molar-refractivity contribution in [1.82, 2.24) is 24.4 Å². The Hall–Kier alpha value is -2.53. The van der Waals surface area contributed by atoms with Crippen LogP contribution in [0.3, 0.4) is 0 Å². The van der Waals surface area contributed by atoms with Crippen LogP contribution in [0.4, 0.5) is 0 Å². The average Bonchev–Trinajstić information content (AvgIpc) is 3.13. The summed E-state index contributed by atoms with van der Waals surface area (Å²) >= 11 is 0. The number of hydrogen-bond donors (Lipinski definition) is 0. The summed E-state index contributed by atoms with van der Waals surface area (Å²) in [7, 11) is 0. The van der Waals surface area contributed by atoms with Gasteiger partial charge in [0, 0.05) is 37.3 Å². The molecule has 2 aromatic heterocycles. The number of rotatable bonds is 5. The summed E-state index contributed by atoms with van der Waals surface area (Å²) in [5.41, 5.74) is 2.53. The minimum Gasteiger partial charge on any atom is -0.303 e. The highest BCUT2D eigenvalue weighted by molar-refractivity contribution is 5.32. The van der Waals surface area contributed by atoms with Crippen LogP contribution >= 0.6 is 0 Å². The molecule has 0 amide bonds. The van der Waals surface area contributed by atoms with E-state index in [1.165, 1.54) is 5.56 Å². The predicted octanol–water partition coefficient (Wildman–Crippen LogP) is 3.39. The minimum atomic E-state index is 0.466. The van der Waals surface area contributed by atoms with E-state index in [1.807, 2.05) is 30.1 Å². The molecule has 4 rings (SSSR count). The molecule has 1 aromatic carbocycles. The molecule has 0 spiro atoms. The second-order valence-electron chi connectivity index (χ2n) is 6.96. The number of likely N-dealkylation sites (tertiary alicyclic amines) is 1. The molecule has 1 fully saturated rings. The van der Waals surface area contributed by atoms with Crippen LogP contribution in [0.25, 0.3) is 5.82 Å². The van der Waals surface area contributed by atoms with Gasteiger partial charge in [-0.05, 0) is 44.8 Å². The number of piperidine rings is 1. The lowest BCUT2D eigenvalue weighted by Crippen LogP contribution is -2.35. The lowest BCUT2D eigenvalue weighted by molar-refractivity contribution is 0.213. The molecule has 0 unspecified atom stereocenters. The van der Waals surface area contributed by atoms with E-state index in [4.69, 9.17) is 0 Å². The molecule has 26 heavy (non-hydrogen) atoms. The Balaban J connectivity index is 1.40. The fourth-order valence-corrected chi connectivity index (χ4v) is 3.78. The first-order chi connectivity index (χ1) is 12.8. The summed E-state index contributed by atoms with van der Waals surface area (Å²) < 4.78 is 2.05. The second-order valence-corrected chi connectivity index (χ2v) is 6.96. The Kier molecular flexibility index (Phi) is 5.07. The predicted molar refractivity (Wildman–Crippen MR) is 102 cm³/mol. The van der Waals surface area contributed by atoms with Gasteiger partial charge in [-0.25, -0.2) is 9.97 Å². The smallest absolute Gasteiger partial charge is 0.160 e. The Morgan fingerprint density at radius 3 is 2.46 bits per heavy atom. The third-order valence-corrected chi connectivity index (χ3v) is 5.29. The van der Waals surface area contributed by atoms with Crippen LogP contribution in [-0.2, 0) is 6.42 Å². The van der Waals surface area contributed by atoms with Crippen molar-refractivity contribution in [2.75, 3.05) is 19.6 Å². The average molecular weight is 347 g/mol. The minimum absolute atomic E-state index is 0.466. The molecule has 0 saturated carbocycles. The molecule has 0 radical (unpaired) electrons. The fraction of sp³-hybridized carbons (Fsp3) is 0.381. The molecule has 5 nitrogen and oxygen atoms in total. The zero-order chi connectivity index (χ0) is 17.8. The Bertz CT molecular complexity index is 834. The molecule has 0 aliphatic carbocycles. The van der Waals surface area contributed by atoms with Crippen molar-refractivity contribution in [2.45, 2.75) is 32.1 Å².